The standard InChI is InChI=1S/C12H12BrNO4/c1-3-18-12(15)8(2)6-9-4-5-10(13)7-11(9)14(16)17/h4-7H,3H2,1-2H3/b8-6+. The smallest absolute Gasteiger partial charge is 0.333 e. The Morgan fingerprint density at radius 1 is 1.56 bits per heavy atom. The predicted octanol–water partition coefficient (Wildman–Crippen LogP) is 3.32. The van der Waals surface area contributed by atoms with Crippen molar-refractivity contribution < 1.29 is 14.5 Å². The van der Waals surface area contributed by atoms with E-state index in [0.29, 0.717) is 15.6 Å². The molecule has 0 radical (unpaired) electrons. The monoisotopic (exact) mass is 313 g/mol. The van der Waals surface area contributed by atoms with E-state index in [1.54, 1.807) is 26.0 Å². The first-order chi connectivity index (χ1) is 8.45. The van der Waals surface area contributed by atoms with Gasteiger partial charge in [0.05, 0.1) is 17.1 Å². The van der Waals surface area contributed by atoms with Crippen LogP contribution in [-0.2, 0) is 9.53 Å². The fourth-order valence-electron chi connectivity index (χ4n) is 1.33. The third-order valence-corrected chi connectivity index (χ3v) is 2.65. The van der Waals surface area contributed by atoms with Crippen LogP contribution in [0.25, 0.3) is 6.08 Å². The highest BCUT2D eigenvalue weighted by atomic mass is 79.9. The van der Waals surface area contributed by atoms with E-state index in [1.807, 2.05) is 0 Å². The van der Waals surface area contributed by atoms with Crippen molar-refractivity contribution in [3.8, 4) is 0 Å². The van der Waals surface area contributed by atoms with Gasteiger partial charge in [0.15, 0.2) is 0 Å². The second-order valence-electron chi connectivity index (χ2n) is 3.51. The number of carbonyl (C=O) groups is 1. The summed E-state index contributed by atoms with van der Waals surface area (Å²) in [6, 6.07) is 4.65. The summed E-state index contributed by atoms with van der Waals surface area (Å²) in [7, 11) is 0. The molecule has 5 nitrogen and oxygen atoms in total. The van der Waals surface area contributed by atoms with E-state index in [-0.39, 0.29) is 12.3 Å². The van der Waals surface area contributed by atoms with E-state index in [9.17, 15) is 14.9 Å². The number of hydrogen-bond donors (Lipinski definition) is 0. The summed E-state index contributed by atoms with van der Waals surface area (Å²) in [6.07, 6.45) is 1.45. The molecule has 0 spiro atoms. The third-order valence-electron chi connectivity index (χ3n) is 2.16. The minimum atomic E-state index is -0.491. The molecule has 0 saturated carbocycles. The lowest BCUT2D eigenvalue weighted by Crippen LogP contribution is -2.05. The number of benzene rings is 1. The molecule has 0 aromatic heterocycles. The second kappa shape index (κ2) is 6.30. The summed E-state index contributed by atoms with van der Waals surface area (Å²) in [5.74, 6) is -0.477. The minimum Gasteiger partial charge on any atom is -0.463 e. The normalized spacial score (nSPS) is 11.2. The van der Waals surface area contributed by atoms with Crippen molar-refractivity contribution >= 4 is 33.7 Å². The van der Waals surface area contributed by atoms with Crippen LogP contribution in [-0.4, -0.2) is 17.5 Å². The molecule has 6 heteroatoms. The average molecular weight is 314 g/mol. The zero-order valence-corrected chi connectivity index (χ0v) is 11.6. The van der Waals surface area contributed by atoms with Gasteiger partial charge in [-0.15, -0.1) is 0 Å². The van der Waals surface area contributed by atoms with Gasteiger partial charge in [-0.25, -0.2) is 4.79 Å². The molecule has 0 atom stereocenters. The van der Waals surface area contributed by atoms with Gasteiger partial charge in [0, 0.05) is 16.1 Å². The third kappa shape index (κ3) is 3.66. The Hall–Kier alpha value is -1.69. The van der Waals surface area contributed by atoms with Crippen molar-refractivity contribution in [2.24, 2.45) is 0 Å². The average Bonchev–Trinajstić information content (AvgIpc) is 2.31. The second-order valence-corrected chi connectivity index (χ2v) is 4.42. The first-order valence-corrected chi connectivity index (χ1v) is 6.04. The summed E-state index contributed by atoms with van der Waals surface area (Å²) < 4.78 is 5.42. The van der Waals surface area contributed by atoms with Crippen LogP contribution in [0.5, 0.6) is 0 Å². The quantitative estimate of drug-likeness (QED) is 0.370. The Bertz CT molecular complexity index is 511. The van der Waals surface area contributed by atoms with Crippen LogP contribution in [0.4, 0.5) is 5.69 Å². The van der Waals surface area contributed by atoms with Gasteiger partial charge < -0.3 is 4.74 Å². The Morgan fingerprint density at radius 2 is 2.22 bits per heavy atom. The lowest BCUT2D eigenvalue weighted by molar-refractivity contribution is -0.385. The van der Waals surface area contributed by atoms with Gasteiger partial charge in [0.2, 0.25) is 0 Å². The Balaban J connectivity index is 3.14. The zero-order chi connectivity index (χ0) is 13.7. The fourth-order valence-corrected chi connectivity index (χ4v) is 1.68. The lowest BCUT2D eigenvalue weighted by Gasteiger charge is -2.02. The van der Waals surface area contributed by atoms with Crippen molar-refractivity contribution in [1.82, 2.24) is 0 Å². The molecule has 0 saturated heterocycles. The number of rotatable bonds is 4. The minimum absolute atomic E-state index is 0.0620. The van der Waals surface area contributed by atoms with Gasteiger partial charge in [0.1, 0.15) is 0 Å². The van der Waals surface area contributed by atoms with Crippen LogP contribution in [0.2, 0.25) is 0 Å². The molecule has 0 heterocycles. The van der Waals surface area contributed by atoms with E-state index < -0.39 is 10.9 Å². The van der Waals surface area contributed by atoms with Crippen LogP contribution < -0.4 is 0 Å². The van der Waals surface area contributed by atoms with Crippen LogP contribution in [0, 0.1) is 10.1 Å². The van der Waals surface area contributed by atoms with Crippen molar-refractivity contribution in [2.75, 3.05) is 6.61 Å². The lowest BCUT2D eigenvalue weighted by atomic mass is 10.1. The molecule has 0 N–H and O–H groups in total. The van der Waals surface area contributed by atoms with Crippen molar-refractivity contribution in [2.45, 2.75) is 13.8 Å². The van der Waals surface area contributed by atoms with E-state index in [4.69, 9.17) is 4.74 Å². The van der Waals surface area contributed by atoms with E-state index >= 15 is 0 Å². The highest BCUT2D eigenvalue weighted by molar-refractivity contribution is 9.10. The van der Waals surface area contributed by atoms with Gasteiger partial charge >= 0.3 is 5.97 Å². The van der Waals surface area contributed by atoms with Crippen LogP contribution in [0.15, 0.2) is 28.2 Å². The van der Waals surface area contributed by atoms with Gasteiger partial charge in [0.25, 0.3) is 5.69 Å². The molecular formula is C12H12BrNO4. The summed E-state index contributed by atoms with van der Waals surface area (Å²) in [4.78, 5) is 21.8. The van der Waals surface area contributed by atoms with E-state index in [1.165, 1.54) is 12.1 Å². The molecule has 0 bridgehead atoms. The van der Waals surface area contributed by atoms with E-state index in [2.05, 4.69) is 15.9 Å². The summed E-state index contributed by atoms with van der Waals surface area (Å²) in [5, 5.41) is 10.9. The molecule has 0 aliphatic heterocycles. The van der Waals surface area contributed by atoms with Gasteiger partial charge in [-0.3, -0.25) is 10.1 Å². The number of carbonyl (C=O) groups excluding carboxylic acids is 1. The number of hydrogen-bond acceptors (Lipinski definition) is 4. The van der Waals surface area contributed by atoms with E-state index in [0.717, 1.165) is 0 Å². The molecule has 0 unspecified atom stereocenters. The van der Waals surface area contributed by atoms with Crippen LogP contribution in [0.3, 0.4) is 0 Å². The first-order valence-electron chi connectivity index (χ1n) is 5.25. The zero-order valence-electron chi connectivity index (χ0n) is 9.97. The first kappa shape index (κ1) is 14.4. The van der Waals surface area contributed by atoms with Crippen LogP contribution in [0.1, 0.15) is 19.4 Å². The maximum atomic E-state index is 11.4. The number of nitro groups is 1. The largest absolute Gasteiger partial charge is 0.463 e. The molecule has 0 amide bonds. The molecule has 1 aromatic rings. The molecule has 0 fully saturated rings. The Labute approximate surface area is 113 Å². The van der Waals surface area contributed by atoms with Crippen molar-refractivity contribution in [3.63, 3.8) is 0 Å². The van der Waals surface area contributed by atoms with Crippen molar-refractivity contribution in [1.29, 1.82) is 0 Å². The summed E-state index contributed by atoms with van der Waals surface area (Å²) in [5.41, 5.74) is 0.629. The molecular weight excluding hydrogens is 302 g/mol. The summed E-state index contributed by atoms with van der Waals surface area (Å²) in [6.45, 7) is 3.53. The predicted molar refractivity (Wildman–Crippen MR) is 71.1 cm³/mol. The van der Waals surface area contributed by atoms with Crippen molar-refractivity contribution in [3.05, 3.63) is 43.9 Å². The molecule has 1 aromatic carbocycles. The van der Waals surface area contributed by atoms with Gasteiger partial charge in [-0.1, -0.05) is 15.9 Å². The topological polar surface area (TPSA) is 69.4 Å². The highest BCUT2D eigenvalue weighted by Gasteiger charge is 2.14. The van der Waals surface area contributed by atoms with Gasteiger partial charge in [-0.2, -0.15) is 0 Å². The fraction of sp³-hybridized carbons (Fsp3) is 0.250. The maximum Gasteiger partial charge on any atom is 0.333 e. The Kier molecular flexibility index (Phi) is 5.03. The molecule has 0 aliphatic carbocycles. The molecule has 96 valence electrons. The number of esters is 1. The number of ether oxygens (including phenoxy) is 1. The SMILES string of the molecule is CCOC(=O)/C(C)=C/c1ccc(Br)cc1[N+](=O)[O-]. The summed E-state index contributed by atoms with van der Waals surface area (Å²) >= 11 is 3.17. The number of nitro benzene ring substituents is 1. The van der Waals surface area contributed by atoms with Gasteiger partial charge in [-0.05, 0) is 32.1 Å². The highest BCUT2D eigenvalue weighted by Crippen LogP contribution is 2.25. The number of nitrogens with zero attached hydrogens (tertiary/aromatic N) is 1. The molecule has 0 aliphatic rings. The number of halogens is 1. The maximum absolute atomic E-state index is 11.4. The molecule has 18 heavy (non-hydrogen) atoms. The van der Waals surface area contributed by atoms with Crippen LogP contribution >= 0.6 is 15.9 Å². The Morgan fingerprint density at radius 3 is 2.78 bits per heavy atom. The molecule has 1 rings (SSSR count).